The molecular weight excluding hydrogens is 282 g/mol. The minimum Gasteiger partial charge on any atom is -0.379 e. The monoisotopic (exact) mass is 311 g/mol. The number of carbonyl (C=O) groups is 1. The van der Waals surface area contributed by atoms with Crippen LogP contribution in [-0.4, -0.2) is 11.3 Å². The molecule has 1 aromatic rings. The van der Waals surface area contributed by atoms with Crippen LogP contribution in [0.25, 0.3) is 5.70 Å². The van der Waals surface area contributed by atoms with Crippen LogP contribution in [0.5, 0.6) is 0 Å². The third kappa shape index (κ3) is 3.52. The van der Waals surface area contributed by atoms with E-state index in [-0.39, 0.29) is 11.5 Å². The van der Waals surface area contributed by atoms with E-state index in [0.29, 0.717) is 5.78 Å². The standard InChI is InChI=1S/C21H29NO/c1-14-10-17-13-21(3,4)22-19(18(17)11-15(14)2)12-20(23)16-8-6-5-7-9-16/h10-12,16,22H,5-9,13H2,1-4H3/b19-12-. The quantitative estimate of drug-likeness (QED) is 0.801. The van der Waals surface area contributed by atoms with Crippen molar-refractivity contribution in [3.05, 3.63) is 40.5 Å². The maximum absolute atomic E-state index is 12.7. The molecule has 1 saturated carbocycles. The molecule has 1 heterocycles. The summed E-state index contributed by atoms with van der Waals surface area (Å²) >= 11 is 0. The molecule has 23 heavy (non-hydrogen) atoms. The molecule has 0 unspecified atom stereocenters. The van der Waals surface area contributed by atoms with Crippen LogP contribution >= 0.6 is 0 Å². The molecular formula is C21H29NO. The second kappa shape index (κ2) is 6.14. The Balaban J connectivity index is 1.96. The van der Waals surface area contributed by atoms with Crippen LogP contribution in [0.4, 0.5) is 0 Å². The van der Waals surface area contributed by atoms with Gasteiger partial charge in [-0.3, -0.25) is 4.79 Å². The van der Waals surface area contributed by atoms with Crippen LogP contribution in [0.1, 0.15) is 68.2 Å². The Hall–Kier alpha value is -1.57. The summed E-state index contributed by atoms with van der Waals surface area (Å²) in [6, 6.07) is 4.54. The summed E-state index contributed by atoms with van der Waals surface area (Å²) in [6.45, 7) is 8.74. The summed E-state index contributed by atoms with van der Waals surface area (Å²) in [6.07, 6.45) is 8.70. The summed E-state index contributed by atoms with van der Waals surface area (Å²) in [4.78, 5) is 12.7. The highest BCUT2D eigenvalue weighted by atomic mass is 16.1. The lowest BCUT2D eigenvalue weighted by molar-refractivity contribution is -0.119. The lowest BCUT2D eigenvalue weighted by Crippen LogP contribution is -2.44. The Morgan fingerprint density at radius 1 is 1.13 bits per heavy atom. The van der Waals surface area contributed by atoms with E-state index in [4.69, 9.17) is 0 Å². The number of carbonyl (C=O) groups excluding carboxylic acids is 1. The second-order valence-electron chi connectivity index (χ2n) is 8.07. The molecule has 1 fully saturated rings. The molecule has 0 radical (unpaired) electrons. The number of allylic oxidation sites excluding steroid dienone is 1. The number of rotatable bonds is 2. The maximum Gasteiger partial charge on any atom is 0.160 e. The molecule has 0 amide bonds. The van der Waals surface area contributed by atoms with E-state index in [1.807, 2.05) is 6.08 Å². The van der Waals surface area contributed by atoms with Gasteiger partial charge in [0.2, 0.25) is 0 Å². The van der Waals surface area contributed by atoms with Crippen LogP contribution < -0.4 is 5.32 Å². The molecule has 1 aliphatic carbocycles. The number of hydrogen-bond donors (Lipinski definition) is 1. The zero-order valence-electron chi connectivity index (χ0n) is 15.0. The van der Waals surface area contributed by atoms with Crippen molar-refractivity contribution in [1.82, 2.24) is 5.32 Å². The van der Waals surface area contributed by atoms with Crippen molar-refractivity contribution >= 4 is 11.5 Å². The molecule has 0 atom stereocenters. The van der Waals surface area contributed by atoms with E-state index in [2.05, 4.69) is 45.1 Å². The minimum absolute atomic E-state index is 0.00657. The van der Waals surface area contributed by atoms with Crippen LogP contribution in [0.3, 0.4) is 0 Å². The van der Waals surface area contributed by atoms with Gasteiger partial charge in [-0.1, -0.05) is 25.3 Å². The van der Waals surface area contributed by atoms with Gasteiger partial charge < -0.3 is 5.32 Å². The average molecular weight is 311 g/mol. The first kappa shape index (κ1) is 16.3. The number of hydrogen-bond acceptors (Lipinski definition) is 2. The fraction of sp³-hybridized carbons (Fsp3) is 0.571. The molecule has 0 spiro atoms. The fourth-order valence-corrected chi connectivity index (χ4v) is 3.99. The normalized spacial score (nSPS) is 22.5. The lowest BCUT2D eigenvalue weighted by atomic mass is 9.82. The third-order valence-corrected chi connectivity index (χ3v) is 5.41. The largest absolute Gasteiger partial charge is 0.379 e. The van der Waals surface area contributed by atoms with E-state index in [0.717, 1.165) is 25.0 Å². The predicted molar refractivity (Wildman–Crippen MR) is 96.4 cm³/mol. The Morgan fingerprint density at radius 2 is 1.78 bits per heavy atom. The second-order valence-corrected chi connectivity index (χ2v) is 8.07. The molecule has 1 aliphatic heterocycles. The van der Waals surface area contributed by atoms with Crippen molar-refractivity contribution in [3.63, 3.8) is 0 Å². The molecule has 2 heteroatoms. The maximum atomic E-state index is 12.7. The van der Waals surface area contributed by atoms with Gasteiger partial charge in [0.25, 0.3) is 0 Å². The van der Waals surface area contributed by atoms with Crippen molar-refractivity contribution < 1.29 is 4.79 Å². The number of fused-ring (bicyclic) bond motifs is 1. The molecule has 0 bridgehead atoms. The third-order valence-electron chi connectivity index (χ3n) is 5.41. The van der Waals surface area contributed by atoms with Gasteiger partial charge >= 0.3 is 0 Å². The first-order valence-electron chi connectivity index (χ1n) is 9.00. The first-order chi connectivity index (χ1) is 10.9. The molecule has 124 valence electrons. The molecule has 0 aromatic heterocycles. The summed E-state index contributed by atoms with van der Waals surface area (Å²) in [5.74, 6) is 0.548. The molecule has 3 rings (SSSR count). The Morgan fingerprint density at radius 3 is 2.48 bits per heavy atom. The highest BCUT2D eigenvalue weighted by Gasteiger charge is 2.29. The smallest absolute Gasteiger partial charge is 0.160 e. The zero-order valence-corrected chi connectivity index (χ0v) is 15.0. The van der Waals surface area contributed by atoms with Crippen molar-refractivity contribution in [1.29, 1.82) is 0 Å². The van der Waals surface area contributed by atoms with Gasteiger partial charge in [-0.2, -0.15) is 0 Å². The van der Waals surface area contributed by atoms with Crippen molar-refractivity contribution in [2.45, 2.75) is 71.8 Å². The van der Waals surface area contributed by atoms with Crippen molar-refractivity contribution in [2.75, 3.05) is 0 Å². The van der Waals surface area contributed by atoms with Crippen LogP contribution in [0.15, 0.2) is 18.2 Å². The van der Waals surface area contributed by atoms with Crippen molar-refractivity contribution in [3.8, 4) is 0 Å². The summed E-state index contributed by atoms with van der Waals surface area (Å²) in [7, 11) is 0. The highest BCUT2D eigenvalue weighted by Crippen LogP contribution is 2.33. The Kier molecular flexibility index (Phi) is 4.35. The summed E-state index contributed by atoms with van der Waals surface area (Å²) in [5, 5.41) is 3.61. The fourth-order valence-electron chi connectivity index (χ4n) is 3.99. The Labute approximate surface area is 140 Å². The van der Waals surface area contributed by atoms with E-state index in [9.17, 15) is 4.79 Å². The van der Waals surface area contributed by atoms with E-state index in [1.165, 1.54) is 41.5 Å². The molecule has 0 saturated heterocycles. The van der Waals surface area contributed by atoms with Gasteiger partial charge in [-0.25, -0.2) is 0 Å². The zero-order chi connectivity index (χ0) is 16.6. The van der Waals surface area contributed by atoms with Crippen LogP contribution in [-0.2, 0) is 11.2 Å². The highest BCUT2D eigenvalue weighted by molar-refractivity contribution is 5.98. The molecule has 2 nitrogen and oxygen atoms in total. The minimum atomic E-state index is -0.00657. The van der Waals surface area contributed by atoms with Gasteiger partial charge in [0.05, 0.1) is 0 Å². The van der Waals surface area contributed by atoms with Gasteiger partial charge in [-0.05, 0) is 69.7 Å². The van der Waals surface area contributed by atoms with Gasteiger partial charge in [0.15, 0.2) is 5.78 Å². The number of benzene rings is 1. The summed E-state index contributed by atoms with van der Waals surface area (Å²) in [5.41, 5.74) is 6.22. The van der Waals surface area contributed by atoms with Crippen LogP contribution in [0, 0.1) is 19.8 Å². The van der Waals surface area contributed by atoms with Crippen LogP contribution in [0.2, 0.25) is 0 Å². The molecule has 1 aromatic carbocycles. The van der Waals surface area contributed by atoms with E-state index in [1.54, 1.807) is 0 Å². The topological polar surface area (TPSA) is 29.1 Å². The van der Waals surface area contributed by atoms with Gasteiger partial charge in [0, 0.05) is 28.8 Å². The van der Waals surface area contributed by atoms with Crippen molar-refractivity contribution in [2.24, 2.45) is 5.92 Å². The number of nitrogens with one attached hydrogen (secondary N) is 1. The van der Waals surface area contributed by atoms with Gasteiger partial charge in [-0.15, -0.1) is 0 Å². The molecule has 1 N–H and O–H groups in total. The predicted octanol–water partition coefficient (Wildman–Crippen LogP) is 4.72. The van der Waals surface area contributed by atoms with E-state index < -0.39 is 0 Å². The SMILES string of the molecule is Cc1cc2c(cc1C)/C(=C/C(=O)C1CCCCC1)NC(C)(C)C2. The Bertz CT molecular complexity index is 648. The first-order valence-corrected chi connectivity index (χ1v) is 9.00. The van der Waals surface area contributed by atoms with Gasteiger partial charge in [0.1, 0.15) is 0 Å². The van der Waals surface area contributed by atoms with E-state index >= 15 is 0 Å². The summed E-state index contributed by atoms with van der Waals surface area (Å²) < 4.78 is 0. The number of ketones is 1. The molecule has 2 aliphatic rings. The average Bonchev–Trinajstić information content (AvgIpc) is 2.49. The number of aryl methyl sites for hydroxylation is 2. The lowest BCUT2D eigenvalue weighted by Gasteiger charge is -2.36.